The summed E-state index contributed by atoms with van der Waals surface area (Å²) in [5.74, 6) is 0. The number of unbranched alkanes of at least 4 members (excludes halogenated alkanes) is 4. The molecule has 0 heterocycles. The highest BCUT2D eigenvalue weighted by molar-refractivity contribution is 9.10. The van der Waals surface area contributed by atoms with E-state index in [2.05, 4.69) is 54.2 Å². The third-order valence-corrected chi connectivity index (χ3v) is 4.30. The van der Waals surface area contributed by atoms with E-state index in [1.165, 1.54) is 53.4 Å². The summed E-state index contributed by atoms with van der Waals surface area (Å²) in [6, 6.07) is 4.42. The van der Waals surface area contributed by atoms with Crippen LogP contribution in [0, 0.1) is 13.8 Å². The van der Waals surface area contributed by atoms with Gasteiger partial charge < -0.3 is 5.32 Å². The van der Waals surface area contributed by atoms with Crippen LogP contribution in [0.3, 0.4) is 0 Å². The highest BCUT2D eigenvalue weighted by Gasteiger charge is 2.01. The van der Waals surface area contributed by atoms with Crippen LogP contribution in [0.4, 0.5) is 5.69 Å². The van der Waals surface area contributed by atoms with Crippen molar-refractivity contribution < 1.29 is 0 Å². The second-order valence-corrected chi connectivity index (χ2v) is 5.56. The minimum absolute atomic E-state index is 1.09. The SMILES string of the molecule is CCCCCCCNc1cc(C)c(Br)c(C)c1. The van der Waals surface area contributed by atoms with Gasteiger partial charge in [-0.3, -0.25) is 0 Å². The fourth-order valence-electron chi connectivity index (χ4n) is 2.01. The minimum atomic E-state index is 1.09. The Balaban J connectivity index is 2.32. The average molecular weight is 298 g/mol. The van der Waals surface area contributed by atoms with Crippen molar-refractivity contribution >= 4 is 21.6 Å². The van der Waals surface area contributed by atoms with Crippen LogP contribution in [0.15, 0.2) is 16.6 Å². The second kappa shape index (κ2) is 7.75. The van der Waals surface area contributed by atoms with E-state index in [1.807, 2.05) is 0 Å². The molecular weight excluding hydrogens is 274 g/mol. The molecule has 0 aliphatic carbocycles. The summed E-state index contributed by atoms with van der Waals surface area (Å²) in [6.07, 6.45) is 6.68. The number of aryl methyl sites for hydroxylation is 2. The van der Waals surface area contributed by atoms with Gasteiger partial charge in [-0.15, -0.1) is 0 Å². The lowest BCUT2D eigenvalue weighted by Gasteiger charge is -2.10. The Labute approximate surface area is 114 Å². The van der Waals surface area contributed by atoms with Crippen molar-refractivity contribution in [3.63, 3.8) is 0 Å². The van der Waals surface area contributed by atoms with E-state index >= 15 is 0 Å². The molecule has 1 rings (SSSR count). The number of benzene rings is 1. The number of nitrogens with one attached hydrogen (secondary N) is 1. The average Bonchev–Trinajstić information content (AvgIpc) is 2.30. The van der Waals surface area contributed by atoms with Crippen LogP contribution in [0.2, 0.25) is 0 Å². The molecule has 0 aliphatic rings. The molecule has 0 atom stereocenters. The summed E-state index contributed by atoms with van der Waals surface area (Å²) >= 11 is 3.60. The van der Waals surface area contributed by atoms with Gasteiger partial charge in [0.15, 0.2) is 0 Å². The molecule has 0 spiro atoms. The Hall–Kier alpha value is -0.500. The van der Waals surface area contributed by atoms with E-state index in [0.717, 1.165) is 6.54 Å². The topological polar surface area (TPSA) is 12.0 Å². The van der Waals surface area contributed by atoms with Crippen molar-refractivity contribution in [3.05, 3.63) is 27.7 Å². The van der Waals surface area contributed by atoms with Gasteiger partial charge in [0.1, 0.15) is 0 Å². The quantitative estimate of drug-likeness (QED) is 0.660. The Bertz CT molecular complexity index is 324. The highest BCUT2D eigenvalue weighted by atomic mass is 79.9. The van der Waals surface area contributed by atoms with Gasteiger partial charge in [0, 0.05) is 16.7 Å². The van der Waals surface area contributed by atoms with Crippen LogP contribution in [0.25, 0.3) is 0 Å². The van der Waals surface area contributed by atoms with Crippen LogP contribution in [0.5, 0.6) is 0 Å². The zero-order valence-corrected chi connectivity index (χ0v) is 12.9. The van der Waals surface area contributed by atoms with Crippen molar-refractivity contribution in [2.24, 2.45) is 0 Å². The molecule has 0 aromatic heterocycles. The second-order valence-electron chi connectivity index (χ2n) is 4.77. The summed E-state index contributed by atoms with van der Waals surface area (Å²) in [6.45, 7) is 7.63. The molecule has 0 saturated heterocycles. The van der Waals surface area contributed by atoms with Gasteiger partial charge in [0.25, 0.3) is 0 Å². The molecular formula is C15H24BrN. The van der Waals surface area contributed by atoms with Crippen LogP contribution < -0.4 is 5.32 Å². The van der Waals surface area contributed by atoms with E-state index in [-0.39, 0.29) is 0 Å². The van der Waals surface area contributed by atoms with Gasteiger partial charge in [0.05, 0.1) is 0 Å². The van der Waals surface area contributed by atoms with Crippen molar-refractivity contribution in [2.75, 3.05) is 11.9 Å². The summed E-state index contributed by atoms with van der Waals surface area (Å²) in [4.78, 5) is 0. The van der Waals surface area contributed by atoms with Crippen LogP contribution >= 0.6 is 15.9 Å². The van der Waals surface area contributed by atoms with E-state index in [9.17, 15) is 0 Å². The highest BCUT2D eigenvalue weighted by Crippen LogP contribution is 2.24. The first-order valence-corrected chi connectivity index (χ1v) is 7.45. The number of halogens is 1. The molecule has 0 unspecified atom stereocenters. The first-order chi connectivity index (χ1) is 8.15. The standard InChI is InChI=1S/C15H24BrN/c1-4-5-6-7-8-9-17-14-10-12(2)15(16)13(3)11-14/h10-11,17H,4-9H2,1-3H3. The van der Waals surface area contributed by atoms with Crippen LogP contribution in [-0.4, -0.2) is 6.54 Å². The number of hydrogen-bond acceptors (Lipinski definition) is 1. The molecule has 1 aromatic rings. The molecule has 0 aliphatic heterocycles. The normalized spacial score (nSPS) is 10.6. The Morgan fingerprint density at radius 3 is 2.18 bits per heavy atom. The molecule has 1 aromatic carbocycles. The predicted molar refractivity (Wildman–Crippen MR) is 80.9 cm³/mol. The number of rotatable bonds is 7. The largest absolute Gasteiger partial charge is 0.385 e. The molecule has 0 amide bonds. The molecule has 17 heavy (non-hydrogen) atoms. The van der Waals surface area contributed by atoms with E-state index in [1.54, 1.807) is 0 Å². The van der Waals surface area contributed by atoms with Crippen molar-refractivity contribution in [1.82, 2.24) is 0 Å². The molecule has 0 radical (unpaired) electrons. The van der Waals surface area contributed by atoms with Gasteiger partial charge in [0.2, 0.25) is 0 Å². The van der Waals surface area contributed by atoms with Gasteiger partial charge in [-0.05, 0) is 43.5 Å². The van der Waals surface area contributed by atoms with Gasteiger partial charge >= 0.3 is 0 Å². The van der Waals surface area contributed by atoms with E-state index < -0.39 is 0 Å². The number of anilines is 1. The lowest BCUT2D eigenvalue weighted by Crippen LogP contribution is -2.02. The summed E-state index contributed by atoms with van der Waals surface area (Å²) in [5.41, 5.74) is 3.86. The molecule has 1 nitrogen and oxygen atoms in total. The van der Waals surface area contributed by atoms with Gasteiger partial charge in [-0.1, -0.05) is 48.5 Å². The Morgan fingerprint density at radius 1 is 1.00 bits per heavy atom. The fraction of sp³-hybridized carbons (Fsp3) is 0.600. The first kappa shape index (κ1) is 14.6. The van der Waals surface area contributed by atoms with Gasteiger partial charge in [-0.25, -0.2) is 0 Å². The zero-order chi connectivity index (χ0) is 12.7. The maximum atomic E-state index is 3.60. The summed E-state index contributed by atoms with van der Waals surface area (Å²) in [5, 5.41) is 3.51. The lowest BCUT2D eigenvalue weighted by molar-refractivity contribution is 0.645. The molecule has 0 fully saturated rings. The maximum Gasteiger partial charge on any atom is 0.0346 e. The van der Waals surface area contributed by atoms with Crippen LogP contribution in [0.1, 0.15) is 50.2 Å². The Kier molecular flexibility index (Phi) is 6.64. The van der Waals surface area contributed by atoms with Crippen molar-refractivity contribution in [2.45, 2.75) is 52.9 Å². The zero-order valence-electron chi connectivity index (χ0n) is 11.3. The molecule has 2 heteroatoms. The molecule has 96 valence electrons. The number of hydrogen-bond donors (Lipinski definition) is 1. The molecule has 0 saturated carbocycles. The first-order valence-electron chi connectivity index (χ1n) is 6.65. The maximum absolute atomic E-state index is 3.60. The van der Waals surface area contributed by atoms with E-state index in [4.69, 9.17) is 0 Å². The third-order valence-electron chi connectivity index (χ3n) is 3.05. The summed E-state index contributed by atoms with van der Waals surface area (Å²) < 4.78 is 1.23. The monoisotopic (exact) mass is 297 g/mol. The van der Waals surface area contributed by atoms with Crippen molar-refractivity contribution in [3.8, 4) is 0 Å². The third kappa shape index (κ3) is 5.12. The predicted octanol–water partition coefficient (Wildman–Crippen LogP) is 5.45. The Morgan fingerprint density at radius 2 is 1.59 bits per heavy atom. The molecule has 1 N–H and O–H groups in total. The van der Waals surface area contributed by atoms with Crippen LogP contribution in [-0.2, 0) is 0 Å². The smallest absolute Gasteiger partial charge is 0.0346 e. The summed E-state index contributed by atoms with van der Waals surface area (Å²) in [7, 11) is 0. The van der Waals surface area contributed by atoms with E-state index in [0.29, 0.717) is 0 Å². The molecule has 0 bridgehead atoms. The van der Waals surface area contributed by atoms with Gasteiger partial charge in [-0.2, -0.15) is 0 Å². The van der Waals surface area contributed by atoms with Crippen molar-refractivity contribution in [1.29, 1.82) is 0 Å². The lowest BCUT2D eigenvalue weighted by atomic mass is 10.1. The fourth-order valence-corrected chi connectivity index (χ4v) is 2.24. The minimum Gasteiger partial charge on any atom is -0.385 e.